The largest absolute Gasteiger partial charge is 0.457 e. The lowest BCUT2D eigenvalue weighted by molar-refractivity contribution is -0.150. The fourth-order valence-corrected chi connectivity index (χ4v) is 2.59. The second-order valence-corrected chi connectivity index (χ2v) is 5.71. The lowest BCUT2D eigenvalue weighted by atomic mass is 9.95. The van der Waals surface area contributed by atoms with Crippen molar-refractivity contribution in [3.63, 3.8) is 0 Å². The predicted molar refractivity (Wildman–Crippen MR) is 77.9 cm³/mol. The van der Waals surface area contributed by atoms with Crippen molar-refractivity contribution in [2.45, 2.75) is 25.9 Å². The predicted octanol–water partition coefficient (Wildman–Crippen LogP) is 3.12. The van der Waals surface area contributed by atoms with E-state index in [-0.39, 0.29) is 18.5 Å². The Morgan fingerprint density at radius 2 is 2.40 bits per heavy atom. The fraction of sp³-hybridized carbons (Fsp3) is 0.357. The maximum Gasteiger partial charge on any atom is 0.309 e. The van der Waals surface area contributed by atoms with Gasteiger partial charge in [-0.25, -0.2) is 9.97 Å². The van der Waals surface area contributed by atoms with E-state index >= 15 is 0 Å². The van der Waals surface area contributed by atoms with Gasteiger partial charge in [-0.1, -0.05) is 12.2 Å². The van der Waals surface area contributed by atoms with Crippen LogP contribution in [0.2, 0.25) is 0 Å². The molecule has 1 aliphatic carbocycles. The zero-order chi connectivity index (χ0) is 13.9. The molecule has 2 aromatic rings. The molecule has 1 aliphatic rings. The highest BCUT2D eigenvalue weighted by molar-refractivity contribution is 9.10. The molecule has 5 nitrogen and oxygen atoms in total. The Balaban J connectivity index is 1.64. The third-order valence-corrected chi connectivity index (χ3v) is 3.74. The number of rotatable bonds is 3. The molecule has 2 aromatic heterocycles. The van der Waals surface area contributed by atoms with E-state index in [1.807, 2.05) is 12.1 Å². The van der Waals surface area contributed by atoms with Crippen LogP contribution < -0.4 is 0 Å². The average Bonchev–Trinajstić information content (AvgIpc) is 2.87. The smallest absolute Gasteiger partial charge is 0.309 e. The first-order chi connectivity index (χ1) is 9.72. The molecule has 0 saturated heterocycles. The molecule has 3 rings (SSSR count). The van der Waals surface area contributed by atoms with Crippen LogP contribution in [0.25, 0.3) is 11.2 Å². The monoisotopic (exact) mass is 335 g/mol. The Morgan fingerprint density at radius 3 is 3.20 bits per heavy atom. The molecule has 20 heavy (non-hydrogen) atoms. The van der Waals surface area contributed by atoms with Crippen LogP contribution in [-0.2, 0) is 16.1 Å². The normalized spacial score (nSPS) is 18.4. The number of allylic oxidation sites excluding steroid dienone is 2. The van der Waals surface area contributed by atoms with E-state index in [9.17, 15) is 4.79 Å². The van der Waals surface area contributed by atoms with Gasteiger partial charge in [-0.05, 0) is 41.3 Å². The van der Waals surface area contributed by atoms with Gasteiger partial charge in [-0.2, -0.15) is 0 Å². The van der Waals surface area contributed by atoms with E-state index < -0.39 is 0 Å². The SMILES string of the molecule is O=C(OCc1nc2ncc(Br)cc2[nH]1)[C@H]1CC=CCC1. The molecule has 0 fully saturated rings. The summed E-state index contributed by atoms with van der Waals surface area (Å²) in [5.41, 5.74) is 1.45. The fourth-order valence-electron chi connectivity index (χ4n) is 2.26. The van der Waals surface area contributed by atoms with Gasteiger partial charge < -0.3 is 9.72 Å². The van der Waals surface area contributed by atoms with Crippen LogP contribution in [-0.4, -0.2) is 20.9 Å². The maximum atomic E-state index is 11.9. The van der Waals surface area contributed by atoms with Crippen molar-refractivity contribution in [1.29, 1.82) is 0 Å². The number of H-pyrrole nitrogens is 1. The molecular formula is C14H14BrN3O2. The number of pyridine rings is 1. The van der Waals surface area contributed by atoms with E-state index in [0.29, 0.717) is 11.5 Å². The lowest BCUT2D eigenvalue weighted by Gasteiger charge is -2.15. The van der Waals surface area contributed by atoms with Crippen molar-refractivity contribution in [3.8, 4) is 0 Å². The Kier molecular flexibility index (Phi) is 3.82. The minimum absolute atomic E-state index is 0.0170. The van der Waals surface area contributed by atoms with E-state index in [1.165, 1.54) is 0 Å². The first-order valence-corrected chi connectivity index (χ1v) is 7.33. The van der Waals surface area contributed by atoms with Crippen LogP contribution in [0.1, 0.15) is 25.1 Å². The second kappa shape index (κ2) is 5.75. The molecule has 104 valence electrons. The maximum absolute atomic E-state index is 11.9. The molecule has 1 N–H and O–H groups in total. The van der Waals surface area contributed by atoms with Crippen molar-refractivity contribution in [2.75, 3.05) is 0 Å². The number of halogens is 1. The van der Waals surface area contributed by atoms with Crippen molar-refractivity contribution in [1.82, 2.24) is 15.0 Å². The number of carbonyl (C=O) groups excluding carboxylic acids is 1. The number of imidazole rings is 1. The number of carbonyl (C=O) groups is 1. The van der Waals surface area contributed by atoms with Gasteiger partial charge in [0.2, 0.25) is 0 Å². The third-order valence-electron chi connectivity index (χ3n) is 3.31. The van der Waals surface area contributed by atoms with Crippen molar-refractivity contribution >= 4 is 33.1 Å². The zero-order valence-corrected chi connectivity index (χ0v) is 12.4. The number of fused-ring (bicyclic) bond motifs is 1. The van der Waals surface area contributed by atoms with Gasteiger partial charge in [-0.3, -0.25) is 4.79 Å². The summed E-state index contributed by atoms with van der Waals surface area (Å²) < 4.78 is 6.20. The Hall–Kier alpha value is -1.69. The second-order valence-electron chi connectivity index (χ2n) is 4.80. The summed E-state index contributed by atoms with van der Waals surface area (Å²) in [6.07, 6.45) is 8.41. The Morgan fingerprint density at radius 1 is 1.50 bits per heavy atom. The van der Waals surface area contributed by atoms with Gasteiger partial charge in [0.05, 0.1) is 11.4 Å². The summed E-state index contributed by atoms with van der Waals surface area (Å²) in [6.45, 7) is 0.160. The number of nitrogens with zero attached hydrogens (tertiary/aromatic N) is 2. The molecule has 0 radical (unpaired) electrons. The van der Waals surface area contributed by atoms with Crippen LogP contribution in [0.4, 0.5) is 0 Å². The molecule has 0 amide bonds. The number of hydrogen-bond donors (Lipinski definition) is 1. The van der Waals surface area contributed by atoms with Crippen LogP contribution in [0.3, 0.4) is 0 Å². The number of esters is 1. The molecular weight excluding hydrogens is 322 g/mol. The van der Waals surface area contributed by atoms with Gasteiger partial charge >= 0.3 is 5.97 Å². The number of ether oxygens (including phenoxy) is 1. The van der Waals surface area contributed by atoms with Gasteiger partial charge in [0, 0.05) is 10.7 Å². The molecule has 0 aromatic carbocycles. The van der Waals surface area contributed by atoms with E-state index in [4.69, 9.17) is 4.74 Å². The Bertz CT molecular complexity index is 665. The molecule has 1 atom stereocenters. The van der Waals surface area contributed by atoms with Crippen molar-refractivity contribution in [3.05, 3.63) is 34.7 Å². The molecule has 0 saturated carbocycles. The number of aromatic amines is 1. The minimum atomic E-state index is -0.149. The third kappa shape index (κ3) is 2.90. The first kappa shape index (κ1) is 13.3. The number of nitrogens with one attached hydrogen (secondary N) is 1. The summed E-state index contributed by atoms with van der Waals surface area (Å²) >= 11 is 3.35. The highest BCUT2D eigenvalue weighted by Gasteiger charge is 2.20. The van der Waals surface area contributed by atoms with Crippen LogP contribution in [0.5, 0.6) is 0 Å². The van der Waals surface area contributed by atoms with Gasteiger partial charge in [0.15, 0.2) is 5.65 Å². The summed E-state index contributed by atoms with van der Waals surface area (Å²) in [4.78, 5) is 23.5. The highest BCUT2D eigenvalue weighted by atomic mass is 79.9. The average molecular weight is 336 g/mol. The van der Waals surface area contributed by atoms with E-state index in [0.717, 1.165) is 29.3 Å². The van der Waals surface area contributed by atoms with Crippen LogP contribution in [0, 0.1) is 5.92 Å². The molecule has 2 heterocycles. The van der Waals surface area contributed by atoms with Gasteiger partial charge in [-0.15, -0.1) is 0 Å². The summed E-state index contributed by atoms with van der Waals surface area (Å²) in [6, 6.07) is 1.90. The summed E-state index contributed by atoms with van der Waals surface area (Å²) in [5.74, 6) is 0.450. The first-order valence-electron chi connectivity index (χ1n) is 6.54. The highest BCUT2D eigenvalue weighted by Crippen LogP contribution is 2.20. The number of hydrogen-bond acceptors (Lipinski definition) is 4. The van der Waals surface area contributed by atoms with Gasteiger partial charge in [0.25, 0.3) is 0 Å². The lowest BCUT2D eigenvalue weighted by Crippen LogP contribution is -2.18. The van der Waals surface area contributed by atoms with Crippen LogP contribution >= 0.6 is 15.9 Å². The molecule has 0 aliphatic heterocycles. The van der Waals surface area contributed by atoms with Gasteiger partial charge in [0.1, 0.15) is 12.4 Å². The van der Waals surface area contributed by atoms with E-state index in [1.54, 1.807) is 6.20 Å². The minimum Gasteiger partial charge on any atom is -0.457 e. The summed E-state index contributed by atoms with van der Waals surface area (Å²) in [7, 11) is 0. The molecule has 0 spiro atoms. The van der Waals surface area contributed by atoms with E-state index in [2.05, 4.69) is 37.0 Å². The number of aromatic nitrogens is 3. The standard InChI is InChI=1S/C14H14BrN3O2/c15-10-6-11-13(16-7-10)18-12(17-11)8-20-14(19)9-4-2-1-3-5-9/h1-2,6-7,9H,3-5,8H2,(H,16,17,18)/t9-/m0/s1. The zero-order valence-electron chi connectivity index (χ0n) is 10.8. The molecule has 0 bridgehead atoms. The topological polar surface area (TPSA) is 67.9 Å². The van der Waals surface area contributed by atoms with Crippen LogP contribution in [0.15, 0.2) is 28.9 Å². The molecule has 0 unspecified atom stereocenters. The summed E-state index contributed by atoms with van der Waals surface area (Å²) in [5, 5.41) is 0. The van der Waals surface area contributed by atoms with Crippen molar-refractivity contribution in [2.24, 2.45) is 5.92 Å². The molecule has 6 heteroatoms. The Labute approximate surface area is 124 Å². The quantitative estimate of drug-likeness (QED) is 0.691. The van der Waals surface area contributed by atoms with Crippen molar-refractivity contribution < 1.29 is 9.53 Å².